The Morgan fingerprint density at radius 2 is 1.88 bits per heavy atom. The Bertz CT molecular complexity index is 236. The zero-order chi connectivity index (χ0) is 13.1. The Kier molecular flexibility index (Phi) is 9.59. The van der Waals surface area contributed by atoms with Crippen LogP contribution in [0, 0.1) is 0 Å². The van der Waals surface area contributed by atoms with Gasteiger partial charge >= 0.3 is 5.97 Å². The summed E-state index contributed by atoms with van der Waals surface area (Å²) in [5.41, 5.74) is 0.748. The highest BCUT2D eigenvalue weighted by molar-refractivity contribution is 5.80. The van der Waals surface area contributed by atoms with Crippen molar-refractivity contribution in [1.29, 1.82) is 0 Å². The molecule has 17 heavy (non-hydrogen) atoms. The minimum Gasteiger partial charge on any atom is -0.478 e. The van der Waals surface area contributed by atoms with Gasteiger partial charge in [-0.15, -0.1) is 0 Å². The quantitative estimate of drug-likeness (QED) is 0.453. The van der Waals surface area contributed by atoms with Gasteiger partial charge in [-0.1, -0.05) is 46.0 Å². The monoisotopic (exact) mass is 241 g/mol. The second-order valence-electron chi connectivity index (χ2n) is 4.62. The lowest BCUT2D eigenvalue weighted by Gasteiger charge is -2.18. The van der Waals surface area contributed by atoms with E-state index in [1.165, 1.54) is 38.2 Å². The van der Waals surface area contributed by atoms with E-state index in [0.717, 1.165) is 18.5 Å². The van der Waals surface area contributed by atoms with Crippen molar-refractivity contribution in [3.05, 3.63) is 11.8 Å². The van der Waals surface area contributed by atoms with Crippen LogP contribution in [0.4, 0.5) is 0 Å². The molecule has 0 aromatic heterocycles. The topological polar surface area (TPSA) is 49.3 Å². The number of carbonyl (C=O) groups is 1. The third kappa shape index (κ3) is 9.91. The smallest absolute Gasteiger partial charge is 0.330 e. The number of carboxylic acid groups (broad SMARTS) is 1. The summed E-state index contributed by atoms with van der Waals surface area (Å²) in [6, 6.07) is 0.409. The molecule has 3 nitrogen and oxygen atoms in total. The lowest BCUT2D eigenvalue weighted by Crippen LogP contribution is -2.27. The van der Waals surface area contributed by atoms with E-state index >= 15 is 0 Å². The first-order valence-corrected chi connectivity index (χ1v) is 6.77. The summed E-state index contributed by atoms with van der Waals surface area (Å²) in [6.45, 7) is 6.17. The Balaban J connectivity index is 3.80. The van der Waals surface area contributed by atoms with Crippen LogP contribution >= 0.6 is 0 Å². The van der Waals surface area contributed by atoms with Gasteiger partial charge in [0, 0.05) is 17.8 Å². The minimum atomic E-state index is -0.882. The Labute approximate surface area is 105 Å². The molecular weight excluding hydrogens is 214 g/mol. The van der Waals surface area contributed by atoms with Gasteiger partial charge in [0.2, 0.25) is 0 Å². The maximum Gasteiger partial charge on any atom is 0.330 e. The van der Waals surface area contributed by atoms with Gasteiger partial charge in [-0.25, -0.2) is 4.79 Å². The molecule has 2 N–H and O–H groups in total. The summed E-state index contributed by atoms with van der Waals surface area (Å²) in [7, 11) is 0. The first-order chi connectivity index (χ1) is 8.10. The second kappa shape index (κ2) is 10.2. The molecule has 100 valence electrons. The minimum absolute atomic E-state index is 0.409. The molecule has 0 amide bonds. The molecule has 0 spiro atoms. The Morgan fingerprint density at radius 3 is 2.41 bits per heavy atom. The zero-order valence-corrected chi connectivity index (χ0v) is 11.5. The highest BCUT2D eigenvalue weighted by Gasteiger charge is 2.05. The summed E-state index contributed by atoms with van der Waals surface area (Å²) in [5, 5.41) is 11.9. The van der Waals surface area contributed by atoms with Crippen molar-refractivity contribution in [2.75, 3.05) is 0 Å². The maximum atomic E-state index is 10.5. The molecule has 0 aromatic carbocycles. The fourth-order valence-electron chi connectivity index (χ4n) is 1.92. The molecule has 1 unspecified atom stereocenters. The number of aliphatic carboxylic acids is 1. The molecule has 0 aliphatic heterocycles. The van der Waals surface area contributed by atoms with E-state index in [2.05, 4.69) is 19.2 Å². The number of rotatable bonds is 10. The Morgan fingerprint density at radius 1 is 1.24 bits per heavy atom. The number of unbranched alkanes of at least 4 members (excludes halogenated alkanes) is 4. The summed E-state index contributed by atoms with van der Waals surface area (Å²) < 4.78 is 0. The molecule has 0 radical (unpaired) electrons. The van der Waals surface area contributed by atoms with Gasteiger partial charge in [-0.3, -0.25) is 0 Å². The van der Waals surface area contributed by atoms with Crippen LogP contribution in [0.5, 0.6) is 0 Å². The van der Waals surface area contributed by atoms with Gasteiger partial charge in [-0.2, -0.15) is 0 Å². The second-order valence-corrected chi connectivity index (χ2v) is 4.62. The average molecular weight is 241 g/mol. The van der Waals surface area contributed by atoms with Gasteiger partial charge in [0.1, 0.15) is 0 Å². The predicted molar refractivity (Wildman–Crippen MR) is 72.0 cm³/mol. The van der Waals surface area contributed by atoms with Crippen LogP contribution in [0.2, 0.25) is 0 Å². The van der Waals surface area contributed by atoms with Crippen LogP contribution in [0.1, 0.15) is 65.7 Å². The predicted octanol–water partition coefficient (Wildman–Crippen LogP) is 3.70. The lowest BCUT2D eigenvalue weighted by molar-refractivity contribution is -0.131. The number of allylic oxidation sites excluding steroid dienone is 1. The third-order valence-electron chi connectivity index (χ3n) is 2.92. The highest BCUT2D eigenvalue weighted by atomic mass is 16.4. The third-order valence-corrected chi connectivity index (χ3v) is 2.92. The first kappa shape index (κ1) is 16.0. The SMILES string of the molecule is CCCCCCCC(CC)NC(C)=CC(=O)O. The fourth-order valence-corrected chi connectivity index (χ4v) is 1.92. The van der Waals surface area contributed by atoms with E-state index in [9.17, 15) is 4.79 Å². The van der Waals surface area contributed by atoms with E-state index in [1.807, 2.05) is 6.92 Å². The summed E-state index contributed by atoms with van der Waals surface area (Å²) in [6.07, 6.45) is 9.83. The largest absolute Gasteiger partial charge is 0.478 e. The number of hydrogen-bond acceptors (Lipinski definition) is 2. The highest BCUT2D eigenvalue weighted by Crippen LogP contribution is 2.10. The van der Waals surface area contributed by atoms with E-state index in [1.54, 1.807) is 0 Å². The number of carboxylic acids is 1. The number of hydrogen-bond donors (Lipinski definition) is 2. The zero-order valence-electron chi connectivity index (χ0n) is 11.5. The van der Waals surface area contributed by atoms with Crippen molar-refractivity contribution in [2.24, 2.45) is 0 Å². The molecule has 0 aliphatic carbocycles. The molecular formula is C14H27NO2. The van der Waals surface area contributed by atoms with Gasteiger partial charge in [-0.05, 0) is 19.8 Å². The maximum absolute atomic E-state index is 10.5. The first-order valence-electron chi connectivity index (χ1n) is 6.77. The van der Waals surface area contributed by atoms with Crippen molar-refractivity contribution in [3.63, 3.8) is 0 Å². The molecule has 3 heteroatoms. The molecule has 0 saturated heterocycles. The standard InChI is InChI=1S/C14H27NO2/c1-4-6-7-8-9-10-13(5-2)15-12(3)11-14(16)17/h11,13,15H,4-10H2,1-3H3,(H,16,17). The van der Waals surface area contributed by atoms with Crippen molar-refractivity contribution in [1.82, 2.24) is 5.32 Å². The summed E-state index contributed by atoms with van der Waals surface area (Å²) in [4.78, 5) is 10.5. The van der Waals surface area contributed by atoms with E-state index in [4.69, 9.17) is 5.11 Å². The molecule has 0 aliphatic rings. The van der Waals surface area contributed by atoms with Crippen molar-refractivity contribution in [2.45, 2.75) is 71.8 Å². The fraction of sp³-hybridized carbons (Fsp3) is 0.786. The van der Waals surface area contributed by atoms with E-state index in [0.29, 0.717) is 6.04 Å². The van der Waals surface area contributed by atoms with E-state index in [-0.39, 0.29) is 0 Å². The van der Waals surface area contributed by atoms with Gasteiger partial charge < -0.3 is 10.4 Å². The van der Waals surface area contributed by atoms with Crippen LogP contribution < -0.4 is 5.32 Å². The van der Waals surface area contributed by atoms with Crippen LogP contribution in [-0.2, 0) is 4.79 Å². The number of nitrogens with one attached hydrogen (secondary N) is 1. The molecule has 0 saturated carbocycles. The Hall–Kier alpha value is -0.990. The van der Waals surface area contributed by atoms with Crippen LogP contribution in [-0.4, -0.2) is 17.1 Å². The van der Waals surface area contributed by atoms with Gasteiger partial charge in [0.25, 0.3) is 0 Å². The molecule has 0 heterocycles. The molecule has 1 atom stereocenters. The lowest BCUT2D eigenvalue weighted by atomic mass is 10.0. The van der Waals surface area contributed by atoms with Crippen molar-refractivity contribution in [3.8, 4) is 0 Å². The van der Waals surface area contributed by atoms with E-state index < -0.39 is 5.97 Å². The molecule has 0 rings (SSSR count). The van der Waals surface area contributed by atoms with Crippen LogP contribution in [0.3, 0.4) is 0 Å². The van der Waals surface area contributed by atoms with Crippen LogP contribution in [0.15, 0.2) is 11.8 Å². The molecule has 0 aromatic rings. The average Bonchev–Trinajstić information content (AvgIpc) is 2.26. The molecule has 0 fully saturated rings. The summed E-state index contributed by atoms with van der Waals surface area (Å²) in [5.74, 6) is -0.882. The van der Waals surface area contributed by atoms with Crippen molar-refractivity contribution < 1.29 is 9.90 Å². The van der Waals surface area contributed by atoms with Gasteiger partial charge in [0.15, 0.2) is 0 Å². The van der Waals surface area contributed by atoms with Crippen LogP contribution in [0.25, 0.3) is 0 Å². The normalized spacial score (nSPS) is 13.5. The van der Waals surface area contributed by atoms with Gasteiger partial charge in [0.05, 0.1) is 0 Å². The summed E-state index contributed by atoms with van der Waals surface area (Å²) >= 11 is 0. The van der Waals surface area contributed by atoms with Crippen molar-refractivity contribution >= 4 is 5.97 Å². The molecule has 0 bridgehead atoms.